The smallest absolute Gasteiger partial charge is 0.481 e. The second-order valence-electron chi connectivity index (χ2n) is 13.5. The van der Waals surface area contributed by atoms with Crippen molar-refractivity contribution < 1.29 is 85.2 Å². The Morgan fingerprint density at radius 3 is 2.45 bits per heavy atom. The van der Waals surface area contributed by atoms with Crippen LogP contribution >= 0.6 is 46.8 Å². The molecule has 10 N–H and O–H groups in total. The number of hydrogen-bond donors (Lipinski definition) is 9. The Morgan fingerprint density at radius 1 is 1.07 bits per heavy atom. The second kappa shape index (κ2) is 20.8. The molecule has 0 spiro atoms. The largest absolute Gasteiger partial charge is 0.485 e. The number of nitrogens with zero attached hydrogens (tertiary/aromatic N) is 4. The van der Waals surface area contributed by atoms with E-state index in [0.717, 1.165) is 34.5 Å². The van der Waals surface area contributed by atoms with Gasteiger partial charge in [0.15, 0.2) is 24.3 Å². The van der Waals surface area contributed by atoms with Crippen LogP contribution in [0, 0.1) is 12.3 Å². The van der Waals surface area contributed by atoms with Gasteiger partial charge in [0.1, 0.15) is 42.0 Å². The number of nitrogens with two attached hydrogens (primary N) is 1. The maximum atomic E-state index is 12.7. The van der Waals surface area contributed by atoms with Gasteiger partial charge in [-0.3, -0.25) is 32.5 Å². The van der Waals surface area contributed by atoms with E-state index < -0.39 is 84.6 Å². The van der Waals surface area contributed by atoms with Crippen molar-refractivity contribution in [2.24, 2.45) is 5.41 Å². The summed E-state index contributed by atoms with van der Waals surface area (Å²) < 4.78 is 67.7. The van der Waals surface area contributed by atoms with Crippen molar-refractivity contribution in [3.8, 4) is 5.75 Å². The number of aliphatic hydroxyl groups is 2. The third kappa shape index (κ3) is 14.5. The van der Waals surface area contributed by atoms with Crippen LogP contribution in [0.25, 0.3) is 11.2 Å². The Hall–Kier alpha value is -3.13. The van der Waals surface area contributed by atoms with E-state index in [0.29, 0.717) is 10.8 Å². The molecule has 30 heteroatoms. The van der Waals surface area contributed by atoms with E-state index in [9.17, 15) is 57.9 Å². The number of anilines is 1. The van der Waals surface area contributed by atoms with Gasteiger partial charge in [-0.2, -0.15) is 4.31 Å². The molecular weight excluding hydrogens is 907 g/mol. The number of nitrogen functional groups attached to an aromatic ring is 1. The molecular formula is C30H43ClN7O18P3S. The average molecular weight is 950 g/mol. The van der Waals surface area contributed by atoms with Crippen molar-refractivity contribution in [1.82, 2.24) is 30.2 Å². The zero-order valence-corrected chi connectivity index (χ0v) is 36.1. The van der Waals surface area contributed by atoms with Gasteiger partial charge in [0, 0.05) is 35.7 Å². The molecule has 0 bridgehead atoms. The Balaban J connectivity index is 1.19. The monoisotopic (exact) mass is 949 g/mol. The normalized spacial score (nSPS) is 20.9. The van der Waals surface area contributed by atoms with Crippen LogP contribution in [0.2, 0.25) is 5.02 Å². The number of phosphoric ester groups is 3. The summed E-state index contributed by atoms with van der Waals surface area (Å²) >= 11 is 6.85. The summed E-state index contributed by atoms with van der Waals surface area (Å²) in [5.74, 6) is -0.764. The van der Waals surface area contributed by atoms with Crippen molar-refractivity contribution >= 4 is 80.7 Å². The van der Waals surface area contributed by atoms with Gasteiger partial charge in [0.25, 0.3) is 0 Å². The molecule has 1 saturated heterocycles. The highest BCUT2D eigenvalue weighted by Crippen LogP contribution is 2.61. The molecule has 0 saturated carbocycles. The number of hydrogen-bond acceptors (Lipinski definition) is 19. The number of benzene rings is 1. The molecule has 0 aliphatic carbocycles. The Bertz CT molecular complexity index is 2160. The number of nitrogens with one attached hydrogen (secondary N) is 2. The number of amides is 2. The number of carbonyl (C=O) groups excluding carboxylic acids is 3. The lowest BCUT2D eigenvalue weighted by atomic mass is 9.87. The topological polar surface area (TPSA) is 373 Å². The van der Waals surface area contributed by atoms with E-state index in [1.54, 1.807) is 25.1 Å². The van der Waals surface area contributed by atoms with Crippen molar-refractivity contribution in [2.45, 2.75) is 57.8 Å². The Morgan fingerprint density at radius 2 is 1.77 bits per heavy atom. The minimum Gasteiger partial charge on any atom is -0.485 e. The molecule has 2 aromatic heterocycles. The zero-order valence-electron chi connectivity index (χ0n) is 31.8. The van der Waals surface area contributed by atoms with Crippen LogP contribution in [-0.4, -0.2) is 129 Å². The molecule has 4 rings (SSSR count). The first-order valence-electron chi connectivity index (χ1n) is 17.3. The van der Waals surface area contributed by atoms with Crippen LogP contribution in [0.5, 0.6) is 5.75 Å². The summed E-state index contributed by atoms with van der Waals surface area (Å²) in [5.41, 5.74) is 5.00. The molecule has 1 aliphatic heterocycles. The van der Waals surface area contributed by atoms with Crippen LogP contribution < -0.4 is 21.1 Å². The molecule has 1 fully saturated rings. The predicted molar refractivity (Wildman–Crippen MR) is 209 cm³/mol. The standard InChI is InChI=1S/C30H43ClN7O18P3S/c1-16-10-17(31)4-5-18(16)51-12-21(40)60-9-8-33-20(39)6-7-34-28(43)25(42)30(2,3)13-53-59(49,50)56-58(47,48)52-11-19-24(55-57(44,45)46)23(41)29(54-19)38-15-37-22-26(32)35-14-36-27(22)38/h4-5,10,14-15,19,23-25,29,41-42H,6-9,11-13H2,1-3H3,(H,33,39)(H,34,43)(H,47,48)(H,49,50)(H2,32,35,36)(H2,44,45,46). The number of aryl methyl sites for hydroxylation is 1. The number of thioether (sulfide) groups is 1. The fourth-order valence-electron chi connectivity index (χ4n) is 5.25. The number of imidazole rings is 1. The minimum absolute atomic E-state index is 0.0249. The number of carbonyl (C=O) groups is 3. The van der Waals surface area contributed by atoms with Crippen molar-refractivity contribution in [2.75, 3.05) is 44.4 Å². The first-order valence-corrected chi connectivity index (χ1v) is 23.2. The van der Waals surface area contributed by atoms with E-state index in [1.165, 1.54) is 13.8 Å². The maximum Gasteiger partial charge on any atom is 0.481 e. The van der Waals surface area contributed by atoms with Crippen molar-refractivity contribution in [1.29, 1.82) is 0 Å². The van der Waals surface area contributed by atoms with Gasteiger partial charge >= 0.3 is 23.5 Å². The summed E-state index contributed by atoms with van der Waals surface area (Å²) in [5, 5.41) is 26.7. The highest BCUT2D eigenvalue weighted by Gasteiger charge is 2.50. The first-order chi connectivity index (χ1) is 27.9. The van der Waals surface area contributed by atoms with E-state index in [4.69, 9.17) is 35.9 Å². The first kappa shape index (κ1) is 49.5. The molecule has 3 aromatic rings. The van der Waals surface area contributed by atoms with Gasteiger partial charge in [0.2, 0.25) is 16.9 Å². The number of halogens is 1. The van der Waals surface area contributed by atoms with Gasteiger partial charge in [0.05, 0.1) is 19.5 Å². The van der Waals surface area contributed by atoms with Crippen LogP contribution in [0.1, 0.15) is 32.1 Å². The van der Waals surface area contributed by atoms with Gasteiger partial charge in [-0.05, 0) is 30.7 Å². The number of ether oxygens (including phenoxy) is 2. The number of fused-ring (bicyclic) bond motifs is 1. The fraction of sp³-hybridized carbons (Fsp3) is 0.533. The highest BCUT2D eigenvalue weighted by atomic mass is 35.5. The van der Waals surface area contributed by atoms with Crippen molar-refractivity contribution in [3.63, 3.8) is 0 Å². The molecule has 1 aliphatic rings. The van der Waals surface area contributed by atoms with Crippen LogP contribution in [0.3, 0.4) is 0 Å². The Kier molecular flexibility index (Phi) is 17.2. The predicted octanol–water partition coefficient (Wildman–Crippen LogP) is 0.706. The van der Waals surface area contributed by atoms with E-state index in [2.05, 4.69) is 34.4 Å². The summed E-state index contributed by atoms with van der Waals surface area (Å²) in [7, 11) is -16.4. The third-order valence-corrected chi connectivity index (χ3v) is 12.4. The average Bonchev–Trinajstić information content (AvgIpc) is 3.71. The Labute approximate surface area is 350 Å². The molecule has 334 valence electrons. The number of aliphatic hydroxyl groups excluding tert-OH is 2. The summed E-state index contributed by atoms with van der Waals surface area (Å²) in [6, 6.07) is 4.98. The molecule has 25 nitrogen and oxygen atoms in total. The second-order valence-corrected chi connectivity index (χ2v) is 19.3. The van der Waals surface area contributed by atoms with Gasteiger partial charge in [-0.15, -0.1) is 0 Å². The summed E-state index contributed by atoms with van der Waals surface area (Å²) in [6.07, 6.45) is -7.02. The van der Waals surface area contributed by atoms with E-state index in [-0.39, 0.29) is 54.0 Å². The summed E-state index contributed by atoms with van der Waals surface area (Å²) in [6.45, 7) is 1.93. The molecule has 2 amide bonds. The summed E-state index contributed by atoms with van der Waals surface area (Å²) in [4.78, 5) is 87.9. The lowest BCUT2D eigenvalue weighted by molar-refractivity contribution is -0.137. The van der Waals surface area contributed by atoms with Crippen LogP contribution in [-0.2, 0) is 50.7 Å². The molecule has 0 radical (unpaired) electrons. The number of aromatic nitrogens is 4. The quantitative estimate of drug-likeness (QED) is 0.0494. The molecule has 3 heterocycles. The number of rotatable bonds is 22. The fourth-order valence-corrected chi connectivity index (χ4v) is 8.88. The molecule has 60 heavy (non-hydrogen) atoms. The van der Waals surface area contributed by atoms with Crippen LogP contribution in [0.15, 0.2) is 30.9 Å². The minimum atomic E-state index is -5.58. The lowest BCUT2D eigenvalue weighted by Crippen LogP contribution is -2.46. The SMILES string of the molecule is Cc1cc(Cl)ccc1OCC(=O)SCCNC(=O)CCNC(=O)C(O)C(C)(C)COP(=O)(O)OP(=O)(O)OCC1OC(n2cnc3c(N)ncnc32)C(O)C1OP(=O)(O)O. The number of phosphoric acid groups is 3. The maximum absolute atomic E-state index is 12.7. The van der Waals surface area contributed by atoms with Gasteiger partial charge in [-0.25, -0.2) is 28.6 Å². The highest BCUT2D eigenvalue weighted by molar-refractivity contribution is 8.13. The molecule has 1 aromatic carbocycles. The van der Waals surface area contributed by atoms with Crippen molar-refractivity contribution in [3.05, 3.63) is 41.4 Å². The molecule has 7 unspecified atom stereocenters. The lowest BCUT2D eigenvalue weighted by Gasteiger charge is -2.30. The third-order valence-electron chi connectivity index (χ3n) is 8.25. The van der Waals surface area contributed by atoms with Gasteiger partial charge < -0.3 is 55.6 Å². The molecule has 7 atom stereocenters. The van der Waals surface area contributed by atoms with E-state index >= 15 is 0 Å². The zero-order chi connectivity index (χ0) is 44.6. The van der Waals surface area contributed by atoms with E-state index in [1.807, 2.05) is 0 Å². The van der Waals surface area contributed by atoms with Crippen LogP contribution in [0.4, 0.5) is 5.82 Å². The van der Waals surface area contributed by atoms with Gasteiger partial charge in [-0.1, -0.05) is 37.2 Å².